The van der Waals surface area contributed by atoms with Crippen LogP contribution in [-0.4, -0.2) is 98.8 Å². The van der Waals surface area contributed by atoms with Gasteiger partial charge in [0.1, 0.15) is 36.3 Å². The van der Waals surface area contributed by atoms with Crippen LogP contribution in [0.25, 0.3) is 10.9 Å². The van der Waals surface area contributed by atoms with E-state index in [1.807, 2.05) is 98.8 Å². The quantitative estimate of drug-likeness (QED) is 0.0369. The summed E-state index contributed by atoms with van der Waals surface area (Å²) in [5.74, 6) is -9.23. The van der Waals surface area contributed by atoms with Gasteiger partial charge in [-0.1, -0.05) is 153 Å². The number of benzene rings is 3. The molecule has 9 N–H and O–H groups in total. The zero-order chi connectivity index (χ0) is 52.5. The van der Waals surface area contributed by atoms with Crippen molar-refractivity contribution in [1.29, 1.82) is 0 Å². The van der Waals surface area contributed by atoms with Crippen molar-refractivity contribution in [1.82, 2.24) is 36.9 Å². The largest absolute Gasteiger partial charge is 0.481 e. The highest BCUT2D eigenvalue weighted by atomic mass is 16.4. The molecule has 1 fully saturated rings. The molecule has 1 aromatic heterocycles. The Balaban J connectivity index is 1.37. The number of carbonyl (C=O) groups excluding carboxylic acids is 6. The number of carbonyl (C=O) groups is 8. The smallest absolute Gasteiger partial charge is 0.326 e. The highest BCUT2D eigenvalue weighted by Gasteiger charge is 2.39. The van der Waals surface area contributed by atoms with Crippen molar-refractivity contribution >= 4 is 58.3 Å². The first kappa shape index (κ1) is 55.9. The molecule has 6 amide bonds. The Morgan fingerprint density at radius 2 is 1.06 bits per heavy atom. The van der Waals surface area contributed by atoms with Crippen LogP contribution in [0.5, 0.6) is 0 Å². The number of H-pyrrole nitrogens is 1. The fraction of sp³-hybridized carbons (Fsp3) is 0.491. The van der Waals surface area contributed by atoms with Crippen molar-refractivity contribution < 1.29 is 48.6 Å². The van der Waals surface area contributed by atoms with E-state index in [2.05, 4.69) is 36.9 Å². The average Bonchev–Trinajstić information content (AvgIpc) is 3.78. The lowest BCUT2D eigenvalue weighted by atomic mass is 9.83. The van der Waals surface area contributed by atoms with Crippen LogP contribution < -0.4 is 31.9 Å². The van der Waals surface area contributed by atoms with Gasteiger partial charge in [0, 0.05) is 35.4 Å². The molecule has 72 heavy (non-hydrogen) atoms. The zero-order valence-corrected chi connectivity index (χ0v) is 42.2. The molecule has 388 valence electrons. The van der Waals surface area contributed by atoms with Gasteiger partial charge in [-0.2, -0.15) is 0 Å². The SMILES string of the molecule is CC[C@H](C)[C@H](NC(=O)[C@H](CC(=O)O)NC(=O)[C@H](CC(C)C)NC(=O)[C@H](NC(=O)C1CCCCC1)C(c1ccccc1)c1ccccc1)C(=O)N[C@H](C(=O)N[C@@H](Cc1c[nH]c2ccccc12)C(=O)O)[C@@H](C)CC. The molecule has 0 bridgehead atoms. The molecule has 1 aliphatic rings. The Morgan fingerprint density at radius 3 is 1.60 bits per heavy atom. The summed E-state index contributed by atoms with van der Waals surface area (Å²) in [6, 6.07) is 17.8. The number of carboxylic acids is 2. The van der Waals surface area contributed by atoms with Crippen molar-refractivity contribution in [3.05, 3.63) is 108 Å². The summed E-state index contributed by atoms with van der Waals surface area (Å²) in [6.07, 6.45) is 5.75. The summed E-state index contributed by atoms with van der Waals surface area (Å²) < 4.78 is 0. The minimum absolute atomic E-state index is 0.0460. The van der Waals surface area contributed by atoms with Gasteiger partial charge in [0.15, 0.2) is 0 Å². The number of fused-ring (bicyclic) bond motifs is 1. The van der Waals surface area contributed by atoms with Gasteiger partial charge in [-0.3, -0.25) is 33.6 Å². The Morgan fingerprint density at radius 1 is 0.569 bits per heavy atom. The van der Waals surface area contributed by atoms with E-state index in [-0.39, 0.29) is 30.6 Å². The molecule has 1 heterocycles. The summed E-state index contributed by atoms with van der Waals surface area (Å²) in [7, 11) is 0. The van der Waals surface area contributed by atoms with Crippen LogP contribution in [0.2, 0.25) is 0 Å². The Hall–Kier alpha value is -7.04. The van der Waals surface area contributed by atoms with Gasteiger partial charge in [0.05, 0.1) is 6.42 Å². The number of carboxylic acid groups (broad SMARTS) is 2. The maximum Gasteiger partial charge on any atom is 0.326 e. The van der Waals surface area contributed by atoms with Gasteiger partial charge < -0.3 is 47.1 Å². The molecular weight excluding hydrogens is 919 g/mol. The number of aromatic nitrogens is 1. The van der Waals surface area contributed by atoms with E-state index >= 15 is 0 Å². The third-order valence-corrected chi connectivity index (χ3v) is 13.9. The molecule has 0 radical (unpaired) electrons. The predicted molar refractivity (Wildman–Crippen MR) is 273 cm³/mol. The van der Waals surface area contributed by atoms with Gasteiger partial charge in [-0.05, 0) is 59.8 Å². The zero-order valence-electron chi connectivity index (χ0n) is 42.2. The molecule has 3 aromatic carbocycles. The molecule has 0 aliphatic heterocycles. The fourth-order valence-corrected chi connectivity index (χ4v) is 9.34. The first-order chi connectivity index (χ1) is 34.4. The van der Waals surface area contributed by atoms with Crippen LogP contribution in [0.15, 0.2) is 91.1 Å². The number of hydrogen-bond acceptors (Lipinski definition) is 8. The lowest BCUT2D eigenvalue weighted by Crippen LogP contribution is -2.62. The molecule has 0 saturated heterocycles. The Kier molecular flexibility index (Phi) is 20.9. The molecule has 1 saturated carbocycles. The molecule has 17 nitrogen and oxygen atoms in total. The minimum atomic E-state index is -1.72. The molecule has 17 heteroatoms. The molecule has 8 atom stereocenters. The second-order valence-corrected chi connectivity index (χ2v) is 19.7. The molecule has 0 spiro atoms. The van der Waals surface area contributed by atoms with Gasteiger partial charge in [-0.25, -0.2) is 4.79 Å². The Labute approximate surface area is 421 Å². The highest BCUT2D eigenvalue weighted by Crippen LogP contribution is 2.31. The van der Waals surface area contributed by atoms with Crippen LogP contribution in [-0.2, 0) is 44.8 Å². The number of amides is 6. The summed E-state index contributed by atoms with van der Waals surface area (Å²) in [6.45, 7) is 10.7. The van der Waals surface area contributed by atoms with Gasteiger partial charge in [-0.15, -0.1) is 0 Å². The number of aliphatic carboxylic acids is 2. The van der Waals surface area contributed by atoms with Crippen molar-refractivity contribution in [2.75, 3.05) is 0 Å². The first-order valence-corrected chi connectivity index (χ1v) is 25.3. The standard InChI is InChI=1S/C55H73N7O10/c1-7-33(5)46(52(68)59-43(55(71)72)29-38-31-56-40-27-19-18-26-39(38)40)61-53(69)47(34(6)8-2)60-51(67)42(30-44(63)64)57-50(66)41(28-32(3)4)58-54(70)48(62-49(65)37-24-16-11-17-25-37)45(35-20-12-9-13-21-35)36-22-14-10-15-23-36/h9-10,12-15,18-23,26-27,31-34,37,41-43,45-48,56H,7-8,11,16-17,24-25,28-30H2,1-6H3,(H,57,66)(H,58,70)(H,59,68)(H,60,67)(H,61,69)(H,62,65)(H,63,64)(H,71,72)/t33-,34-,41-,42-,43-,46-,47-,48+/m0/s1. The van der Waals surface area contributed by atoms with Crippen molar-refractivity contribution in [3.8, 4) is 0 Å². The summed E-state index contributed by atoms with van der Waals surface area (Å²) in [5, 5.41) is 37.4. The van der Waals surface area contributed by atoms with E-state index in [1.54, 1.807) is 33.9 Å². The Bertz CT molecular complexity index is 2430. The molecule has 4 aromatic rings. The summed E-state index contributed by atoms with van der Waals surface area (Å²) >= 11 is 0. The van der Waals surface area contributed by atoms with E-state index in [9.17, 15) is 48.6 Å². The van der Waals surface area contributed by atoms with Gasteiger partial charge in [0.25, 0.3) is 0 Å². The van der Waals surface area contributed by atoms with Crippen molar-refractivity contribution in [2.24, 2.45) is 23.7 Å². The van der Waals surface area contributed by atoms with Crippen LogP contribution in [0.1, 0.15) is 122 Å². The molecule has 0 unspecified atom stereocenters. The third kappa shape index (κ3) is 15.5. The topological polar surface area (TPSA) is 265 Å². The van der Waals surface area contributed by atoms with E-state index in [0.717, 1.165) is 41.3 Å². The van der Waals surface area contributed by atoms with Crippen LogP contribution in [0.4, 0.5) is 0 Å². The maximum atomic E-state index is 14.8. The number of para-hydroxylation sites is 1. The van der Waals surface area contributed by atoms with Crippen molar-refractivity contribution in [3.63, 3.8) is 0 Å². The number of aromatic amines is 1. The lowest BCUT2D eigenvalue weighted by molar-refractivity contribution is -0.142. The van der Waals surface area contributed by atoms with Gasteiger partial charge in [0.2, 0.25) is 35.4 Å². The second-order valence-electron chi connectivity index (χ2n) is 19.7. The second kappa shape index (κ2) is 27.0. The third-order valence-electron chi connectivity index (χ3n) is 13.9. The number of hydrogen-bond donors (Lipinski definition) is 9. The maximum absolute atomic E-state index is 14.8. The molecule has 1 aliphatic carbocycles. The summed E-state index contributed by atoms with van der Waals surface area (Å²) in [4.78, 5) is 113. The van der Waals surface area contributed by atoms with E-state index < -0.39 is 102 Å². The van der Waals surface area contributed by atoms with Gasteiger partial charge >= 0.3 is 11.9 Å². The average molecular weight is 992 g/mol. The predicted octanol–water partition coefficient (Wildman–Crippen LogP) is 5.73. The summed E-state index contributed by atoms with van der Waals surface area (Å²) in [5.41, 5.74) is 2.97. The monoisotopic (exact) mass is 992 g/mol. The lowest BCUT2D eigenvalue weighted by Gasteiger charge is -2.32. The molecule has 5 rings (SSSR count). The van der Waals surface area contributed by atoms with Crippen molar-refractivity contribution in [2.45, 2.75) is 148 Å². The van der Waals surface area contributed by atoms with E-state index in [4.69, 9.17) is 0 Å². The fourth-order valence-electron chi connectivity index (χ4n) is 9.34. The normalized spacial score (nSPS) is 16.2. The number of rotatable bonds is 26. The van der Waals surface area contributed by atoms with Crippen LogP contribution in [0, 0.1) is 23.7 Å². The first-order valence-electron chi connectivity index (χ1n) is 25.3. The minimum Gasteiger partial charge on any atom is -0.481 e. The van der Waals surface area contributed by atoms with E-state index in [0.29, 0.717) is 31.2 Å². The van der Waals surface area contributed by atoms with E-state index in [1.165, 1.54) is 0 Å². The van der Waals surface area contributed by atoms with Crippen LogP contribution >= 0.6 is 0 Å². The highest BCUT2D eigenvalue weighted by molar-refractivity contribution is 5.98. The number of nitrogens with one attached hydrogen (secondary N) is 7. The van der Waals surface area contributed by atoms with Crippen LogP contribution in [0.3, 0.4) is 0 Å². The molecular formula is C55H73N7O10.